The van der Waals surface area contributed by atoms with E-state index in [1.165, 1.54) is 25.1 Å². The van der Waals surface area contributed by atoms with Gasteiger partial charge in [-0.2, -0.15) is 8.42 Å². The molecule has 1 aromatic heterocycles. The summed E-state index contributed by atoms with van der Waals surface area (Å²) in [6, 6.07) is 7.07. The topological polar surface area (TPSA) is 144 Å². The van der Waals surface area contributed by atoms with Gasteiger partial charge >= 0.3 is 5.97 Å². The molecule has 0 aliphatic rings. The molecule has 1 heterocycles. The summed E-state index contributed by atoms with van der Waals surface area (Å²) >= 11 is 0. The average molecular weight is 428 g/mol. The van der Waals surface area contributed by atoms with Crippen molar-refractivity contribution in [3.05, 3.63) is 53.0 Å². The lowest BCUT2D eigenvalue weighted by atomic mass is 10.1. The second kappa shape index (κ2) is 9.51. The van der Waals surface area contributed by atoms with E-state index in [0.29, 0.717) is 0 Å². The van der Waals surface area contributed by atoms with Crippen molar-refractivity contribution in [2.24, 2.45) is 0 Å². The lowest BCUT2D eigenvalue weighted by Crippen LogP contribution is -2.36. The Morgan fingerprint density at radius 1 is 1.14 bits per heavy atom. The summed E-state index contributed by atoms with van der Waals surface area (Å²) < 4.78 is 39.2. The van der Waals surface area contributed by atoms with Gasteiger partial charge < -0.3 is 24.5 Å². The predicted molar refractivity (Wildman–Crippen MR) is 101 cm³/mol. The monoisotopic (exact) mass is 428 g/mol. The summed E-state index contributed by atoms with van der Waals surface area (Å²) in [6.45, 7) is 4.26. The van der Waals surface area contributed by atoms with E-state index >= 15 is 0 Å². The number of benzene rings is 1. The molecule has 0 radical (unpaired) electrons. The number of carbonyl (C=O) groups is 1. The third-order valence-corrected chi connectivity index (χ3v) is 5.44. The molecule has 160 valence electrons. The molecule has 3 N–H and O–H groups in total. The van der Waals surface area contributed by atoms with Crippen LogP contribution in [0.15, 0.2) is 39.6 Å². The quantitative estimate of drug-likeness (QED) is 0.397. The molecule has 2 aromatic rings. The molecule has 0 fully saturated rings. The zero-order valence-corrected chi connectivity index (χ0v) is 17.0. The number of esters is 1. The summed E-state index contributed by atoms with van der Waals surface area (Å²) in [7, 11) is -4.15. The second-order valence-corrected chi connectivity index (χ2v) is 8.01. The first-order chi connectivity index (χ1) is 13.6. The second-order valence-electron chi connectivity index (χ2n) is 6.39. The van der Waals surface area contributed by atoms with Gasteiger partial charge in [-0.25, -0.2) is 4.79 Å². The van der Waals surface area contributed by atoms with Crippen LogP contribution in [-0.4, -0.2) is 55.1 Å². The smallest absolute Gasteiger partial charge is 0.341 e. The molecule has 0 unspecified atom stereocenters. The number of aliphatic hydroxyl groups excluding tert-OH is 3. The molecule has 0 aliphatic heterocycles. The van der Waals surface area contributed by atoms with Gasteiger partial charge in [0, 0.05) is 0 Å². The van der Waals surface area contributed by atoms with Gasteiger partial charge in [0.1, 0.15) is 35.4 Å². The van der Waals surface area contributed by atoms with Crippen LogP contribution in [0.4, 0.5) is 0 Å². The summed E-state index contributed by atoms with van der Waals surface area (Å²) in [5, 5.41) is 30.4. The SMILES string of the molecule is CCOC(=O)c1cc([C@@H](O)[C@H](O)[C@H](O)COS(=O)(=O)c2ccc(C)cc2)oc1C. The van der Waals surface area contributed by atoms with Crippen LogP contribution in [0.25, 0.3) is 0 Å². The Morgan fingerprint density at radius 2 is 1.76 bits per heavy atom. The maximum atomic E-state index is 12.1. The minimum atomic E-state index is -4.15. The van der Waals surface area contributed by atoms with Crippen LogP contribution in [0, 0.1) is 13.8 Å². The van der Waals surface area contributed by atoms with Crippen molar-refractivity contribution in [1.29, 1.82) is 0 Å². The number of aliphatic hydroxyl groups is 3. The standard InChI is InChI=1S/C19H24O9S/c1-4-26-19(23)14-9-16(28-12(14)3)18(22)17(21)15(20)10-27-29(24,25)13-7-5-11(2)6-8-13/h5-9,15,17-18,20-22H,4,10H2,1-3H3/t15-,17-,18-/m1/s1. The van der Waals surface area contributed by atoms with Crippen molar-refractivity contribution >= 4 is 16.1 Å². The van der Waals surface area contributed by atoms with E-state index < -0.39 is 41.0 Å². The lowest BCUT2D eigenvalue weighted by molar-refractivity contribution is -0.0798. The van der Waals surface area contributed by atoms with Crippen molar-refractivity contribution in [1.82, 2.24) is 0 Å². The van der Waals surface area contributed by atoms with Gasteiger partial charge in [0.2, 0.25) is 0 Å². The molecule has 0 bridgehead atoms. The van der Waals surface area contributed by atoms with Gasteiger partial charge in [0.25, 0.3) is 10.1 Å². The van der Waals surface area contributed by atoms with Gasteiger partial charge in [-0.05, 0) is 39.0 Å². The molecule has 0 saturated carbocycles. The zero-order valence-electron chi connectivity index (χ0n) is 16.2. The van der Waals surface area contributed by atoms with Gasteiger partial charge in [-0.1, -0.05) is 17.7 Å². The van der Waals surface area contributed by atoms with Crippen LogP contribution in [0.1, 0.15) is 40.5 Å². The van der Waals surface area contributed by atoms with E-state index in [0.717, 1.165) is 5.56 Å². The molecule has 2 rings (SSSR count). The van der Waals surface area contributed by atoms with Crippen LogP contribution in [0.2, 0.25) is 0 Å². The number of furan rings is 1. The van der Waals surface area contributed by atoms with Crippen LogP contribution < -0.4 is 0 Å². The number of ether oxygens (including phenoxy) is 1. The molecule has 0 spiro atoms. The van der Waals surface area contributed by atoms with E-state index in [1.807, 2.05) is 0 Å². The summed E-state index contributed by atoms with van der Waals surface area (Å²) in [4.78, 5) is 11.7. The molecule has 0 aliphatic carbocycles. The Labute approximate surface area is 168 Å². The molecule has 29 heavy (non-hydrogen) atoms. The van der Waals surface area contributed by atoms with E-state index in [9.17, 15) is 28.5 Å². The van der Waals surface area contributed by atoms with E-state index in [2.05, 4.69) is 0 Å². The lowest BCUT2D eigenvalue weighted by Gasteiger charge is -2.21. The number of hydrogen-bond donors (Lipinski definition) is 3. The zero-order chi connectivity index (χ0) is 21.8. The van der Waals surface area contributed by atoms with Gasteiger partial charge in [-0.15, -0.1) is 0 Å². The normalized spacial score (nSPS) is 15.0. The van der Waals surface area contributed by atoms with Crippen molar-refractivity contribution in [3.63, 3.8) is 0 Å². The van der Waals surface area contributed by atoms with Crippen molar-refractivity contribution in [2.45, 2.75) is 44.0 Å². The molecule has 3 atom stereocenters. The molecule has 1 aromatic carbocycles. The minimum absolute atomic E-state index is 0.0702. The summed E-state index contributed by atoms with van der Waals surface area (Å²) in [5.74, 6) is -0.675. The summed E-state index contributed by atoms with van der Waals surface area (Å²) in [6.07, 6.45) is -5.30. The van der Waals surface area contributed by atoms with Crippen molar-refractivity contribution in [3.8, 4) is 0 Å². The fraction of sp³-hybridized carbons (Fsp3) is 0.421. The Morgan fingerprint density at radius 3 is 2.34 bits per heavy atom. The average Bonchev–Trinajstić information content (AvgIpc) is 3.07. The third-order valence-electron chi connectivity index (χ3n) is 4.15. The van der Waals surface area contributed by atoms with Gasteiger partial charge in [0.05, 0.1) is 18.1 Å². The fourth-order valence-corrected chi connectivity index (χ4v) is 3.40. The van der Waals surface area contributed by atoms with Gasteiger partial charge in [-0.3, -0.25) is 4.18 Å². The Balaban J connectivity index is 2.04. The highest BCUT2D eigenvalue weighted by Crippen LogP contribution is 2.25. The fourth-order valence-electron chi connectivity index (χ4n) is 2.47. The molecular weight excluding hydrogens is 404 g/mol. The first-order valence-corrected chi connectivity index (χ1v) is 10.3. The molecule has 9 nitrogen and oxygen atoms in total. The maximum absolute atomic E-state index is 12.1. The molecule has 0 amide bonds. The van der Waals surface area contributed by atoms with Crippen molar-refractivity contribution in [2.75, 3.05) is 13.2 Å². The van der Waals surface area contributed by atoms with Crippen LogP contribution in [0.5, 0.6) is 0 Å². The Kier molecular flexibility index (Phi) is 7.55. The van der Waals surface area contributed by atoms with Crippen LogP contribution >= 0.6 is 0 Å². The van der Waals surface area contributed by atoms with Crippen LogP contribution in [-0.2, 0) is 19.0 Å². The largest absolute Gasteiger partial charge is 0.463 e. The highest BCUT2D eigenvalue weighted by atomic mass is 32.2. The molecule has 0 saturated heterocycles. The summed E-state index contributed by atoms with van der Waals surface area (Å²) in [5.41, 5.74) is 0.930. The number of aryl methyl sites for hydroxylation is 2. The third kappa shape index (κ3) is 5.64. The van der Waals surface area contributed by atoms with Crippen molar-refractivity contribution < 1.29 is 41.9 Å². The molecular formula is C19H24O9S. The van der Waals surface area contributed by atoms with E-state index in [4.69, 9.17) is 13.3 Å². The number of hydrogen-bond acceptors (Lipinski definition) is 9. The number of rotatable bonds is 9. The predicted octanol–water partition coefficient (Wildman–Crippen LogP) is 1.23. The minimum Gasteiger partial charge on any atom is -0.463 e. The Hall–Kier alpha value is -2.24. The molecule has 10 heteroatoms. The van der Waals surface area contributed by atoms with E-state index in [-0.39, 0.29) is 28.6 Å². The van der Waals surface area contributed by atoms with Crippen LogP contribution in [0.3, 0.4) is 0 Å². The number of carbonyl (C=O) groups excluding carboxylic acids is 1. The maximum Gasteiger partial charge on any atom is 0.341 e. The Bertz CT molecular complexity index is 931. The highest BCUT2D eigenvalue weighted by Gasteiger charge is 2.31. The first kappa shape index (κ1) is 23.0. The van der Waals surface area contributed by atoms with Gasteiger partial charge in [0.15, 0.2) is 0 Å². The first-order valence-electron chi connectivity index (χ1n) is 8.84. The highest BCUT2D eigenvalue weighted by molar-refractivity contribution is 7.86. The van der Waals surface area contributed by atoms with E-state index in [1.54, 1.807) is 26.0 Å².